The normalized spacial score (nSPS) is 11.1. The average Bonchev–Trinajstić information content (AvgIpc) is 2.86. The lowest BCUT2D eigenvalue weighted by Gasteiger charge is -2.08. The van der Waals surface area contributed by atoms with Gasteiger partial charge in [-0.15, -0.1) is 0 Å². The summed E-state index contributed by atoms with van der Waals surface area (Å²) in [5.74, 6) is 0. The number of aromatic nitrogens is 1. The van der Waals surface area contributed by atoms with Gasteiger partial charge in [-0.3, -0.25) is 0 Å². The molecule has 0 saturated carbocycles. The number of benzene rings is 2. The molecular weight excluding hydrogens is 288 g/mol. The Morgan fingerprint density at radius 1 is 1.10 bits per heavy atom. The zero-order valence-corrected chi connectivity index (χ0v) is 12.7. The van der Waals surface area contributed by atoms with E-state index in [2.05, 4.69) is 34.6 Å². The Morgan fingerprint density at radius 3 is 2.80 bits per heavy atom. The second-order valence-electron chi connectivity index (χ2n) is 4.56. The maximum atomic E-state index is 6.33. The predicted octanol–water partition coefficient (Wildman–Crippen LogP) is 4.69. The van der Waals surface area contributed by atoms with Crippen LogP contribution in [0.25, 0.3) is 10.9 Å². The molecule has 0 radical (unpaired) electrons. The van der Waals surface area contributed by atoms with Crippen molar-refractivity contribution >= 4 is 34.3 Å². The Kier molecular flexibility index (Phi) is 4.01. The van der Waals surface area contributed by atoms with Crippen LogP contribution in [0.4, 0.5) is 0 Å². The quantitative estimate of drug-likeness (QED) is 0.731. The zero-order valence-electron chi connectivity index (χ0n) is 11.1. The Balaban J connectivity index is 2.02. The first kappa shape index (κ1) is 13.6. The van der Waals surface area contributed by atoms with Crippen LogP contribution < -0.4 is 5.32 Å². The molecule has 0 atom stereocenters. The minimum atomic E-state index is 0.789. The van der Waals surface area contributed by atoms with E-state index < -0.39 is 0 Å². The van der Waals surface area contributed by atoms with Crippen LogP contribution in [-0.2, 0) is 6.54 Å². The van der Waals surface area contributed by atoms with Crippen molar-refractivity contribution in [3.63, 3.8) is 0 Å². The van der Waals surface area contributed by atoms with Crippen molar-refractivity contribution in [1.82, 2.24) is 10.3 Å². The minimum absolute atomic E-state index is 0.789. The van der Waals surface area contributed by atoms with Gasteiger partial charge in [0.2, 0.25) is 0 Å². The van der Waals surface area contributed by atoms with E-state index in [1.807, 2.05) is 31.4 Å². The summed E-state index contributed by atoms with van der Waals surface area (Å²) in [5, 5.41) is 5.09. The molecule has 4 heteroatoms. The summed E-state index contributed by atoms with van der Waals surface area (Å²) in [6.07, 6.45) is 2.03. The van der Waals surface area contributed by atoms with Gasteiger partial charge in [-0.25, -0.2) is 0 Å². The summed E-state index contributed by atoms with van der Waals surface area (Å²) < 4.78 is 0. The second-order valence-corrected chi connectivity index (χ2v) is 6.05. The van der Waals surface area contributed by atoms with Gasteiger partial charge < -0.3 is 10.3 Å². The number of fused-ring (bicyclic) bond motifs is 1. The molecule has 1 heterocycles. The van der Waals surface area contributed by atoms with Crippen molar-refractivity contribution in [1.29, 1.82) is 0 Å². The van der Waals surface area contributed by atoms with Crippen LogP contribution in [0.3, 0.4) is 0 Å². The molecule has 0 aliphatic rings. The maximum absolute atomic E-state index is 6.33. The molecule has 2 nitrogen and oxygen atoms in total. The summed E-state index contributed by atoms with van der Waals surface area (Å²) in [6.45, 7) is 0.860. The van der Waals surface area contributed by atoms with Crippen molar-refractivity contribution in [3.8, 4) is 0 Å². The highest BCUT2D eigenvalue weighted by Crippen LogP contribution is 2.38. The Labute approximate surface area is 127 Å². The summed E-state index contributed by atoms with van der Waals surface area (Å²) >= 11 is 8.07. The molecule has 0 spiro atoms. The summed E-state index contributed by atoms with van der Waals surface area (Å²) in [7, 11) is 1.96. The third kappa shape index (κ3) is 2.57. The van der Waals surface area contributed by atoms with E-state index in [4.69, 9.17) is 11.6 Å². The molecule has 0 unspecified atom stereocenters. The summed E-state index contributed by atoms with van der Waals surface area (Å²) in [5.41, 5.74) is 2.37. The number of hydrogen-bond donors (Lipinski definition) is 2. The fourth-order valence-electron chi connectivity index (χ4n) is 2.25. The van der Waals surface area contributed by atoms with Gasteiger partial charge in [-0.2, -0.15) is 0 Å². The first-order chi connectivity index (χ1) is 9.79. The van der Waals surface area contributed by atoms with Crippen molar-refractivity contribution < 1.29 is 0 Å². The third-order valence-electron chi connectivity index (χ3n) is 3.18. The van der Waals surface area contributed by atoms with E-state index in [0.29, 0.717) is 0 Å². The van der Waals surface area contributed by atoms with Crippen LogP contribution in [0, 0.1) is 0 Å². The van der Waals surface area contributed by atoms with Crippen molar-refractivity contribution in [2.75, 3.05) is 7.05 Å². The highest BCUT2D eigenvalue weighted by molar-refractivity contribution is 7.99. The lowest BCUT2D eigenvalue weighted by molar-refractivity contribution is 0.803. The van der Waals surface area contributed by atoms with Crippen LogP contribution >= 0.6 is 23.4 Å². The summed E-state index contributed by atoms with van der Waals surface area (Å²) in [6, 6.07) is 14.4. The van der Waals surface area contributed by atoms with Gasteiger partial charge in [0.15, 0.2) is 0 Å². The van der Waals surface area contributed by atoms with Gasteiger partial charge in [0.05, 0.1) is 5.02 Å². The van der Waals surface area contributed by atoms with E-state index in [1.165, 1.54) is 10.5 Å². The van der Waals surface area contributed by atoms with Gasteiger partial charge in [0.25, 0.3) is 0 Å². The molecule has 2 aromatic carbocycles. The number of hydrogen-bond acceptors (Lipinski definition) is 2. The standard InChI is InChI=1S/C16H15ClN2S/c1-18-9-11-5-2-3-8-14(11)20-15-10-19-13-7-4-6-12(17)16(13)15/h2-8,10,18-19H,9H2,1H3. The lowest BCUT2D eigenvalue weighted by Crippen LogP contribution is -2.05. The van der Waals surface area contributed by atoms with Crippen LogP contribution in [0.15, 0.2) is 58.5 Å². The van der Waals surface area contributed by atoms with E-state index in [0.717, 1.165) is 27.4 Å². The molecular formula is C16H15ClN2S. The van der Waals surface area contributed by atoms with Gasteiger partial charge >= 0.3 is 0 Å². The van der Waals surface area contributed by atoms with Crippen LogP contribution in [0.2, 0.25) is 5.02 Å². The molecule has 0 amide bonds. The fraction of sp³-hybridized carbons (Fsp3) is 0.125. The average molecular weight is 303 g/mol. The van der Waals surface area contributed by atoms with Crippen LogP contribution in [0.5, 0.6) is 0 Å². The number of aromatic amines is 1. The molecule has 20 heavy (non-hydrogen) atoms. The zero-order chi connectivity index (χ0) is 13.9. The highest BCUT2D eigenvalue weighted by Gasteiger charge is 2.10. The minimum Gasteiger partial charge on any atom is -0.360 e. The molecule has 3 rings (SSSR count). The molecule has 1 aromatic heterocycles. The molecule has 2 N–H and O–H groups in total. The van der Waals surface area contributed by atoms with Crippen molar-refractivity contribution in [3.05, 3.63) is 59.2 Å². The lowest BCUT2D eigenvalue weighted by atomic mass is 10.2. The number of H-pyrrole nitrogens is 1. The fourth-order valence-corrected chi connectivity index (χ4v) is 3.68. The van der Waals surface area contributed by atoms with Crippen molar-refractivity contribution in [2.45, 2.75) is 16.3 Å². The largest absolute Gasteiger partial charge is 0.360 e. The molecule has 0 aliphatic heterocycles. The van der Waals surface area contributed by atoms with Crippen molar-refractivity contribution in [2.24, 2.45) is 0 Å². The molecule has 3 aromatic rings. The van der Waals surface area contributed by atoms with E-state index >= 15 is 0 Å². The smallest absolute Gasteiger partial charge is 0.0511 e. The molecule has 102 valence electrons. The number of rotatable bonds is 4. The molecule has 0 bridgehead atoms. The first-order valence-electron chi connectivity index (χ1n) is 6.45. The SMILES string of the molecule is CNCc1ccccc1Sc1c[nH]c2cccc(Cl)c12. The highest BCUT2D eigenvalue weighted by atomic mass is 35.5. The Hall–Kier alpha value is -1.42. The number of halogens is 1. The Bertz CT molecular complexity index is 736. The predicted molar refractivity (Wildman–Crippen MR) is 86.6 cm³/mol. The van der Waals surface area contributed by atoms with E-state index in [1.54, 1.807) is 11.8 Å². The number of nitrogens with one attached hydrogen (secondary N) is 2. The Morgan fingerprint density at radius 2 is 1.95 bits per heavy atom. The first-order valence-corrected chi connectivity index (χ1v) is 7.65. The van der Waals surface area contributed by atoms with Crippen LogP contribution in [0.1, 0.15) is 5.56 Å². The molecule has 0 fully saturated rings. The molecule has 0 aliphatic carbocycles. The summed E-state index contributed by atoms with van der Waals surface area (Å²) in [4.78, 5) is 5.69. The maximum Gasteiger partial charge on any atom is 0.0511 e. The molecule has 0 saturated heterocycles. The van der Waals surface area contributed by atoms with Gasteiger partial charge in [-0.1, -0.05) is 47.6 Å². The monoisotopic (exact) mass is 302 g/mol. The topological polar surface area (TPSA) is 27.8 Å². The third-order valence-corrected chi connectivity index (χ3v) is 4.65. The van der Waals surface area contributed by atoms with Gasteiger partial charge in [0.1, 0.15) is 0 Å². The second kappa shape index (κ2) is 5.92. The van der Waals surface area contributed by atoms with Crippen LogP contribution in [-0.4, -0.2) is 12.0 Å². The van der Waals surface area contributed by atoms with Gasteiger partial charge in [-0.05, 0) is 30.8 Å². The van der Waals surface area contributed by atoms with E-state index in [-0.39, 0.29) is 0 Å². The van der Waals surface area contributed by atoms with Gasteiger partial charge in [0, 0.05) is 33.4 Å². The van der Waals surface area contributed by atoms with E-state index in [9.17, 15) is 0 Å².